The molecule has 0 saturated heterocycles. The van der Waals surface area contributed by atoms with E-state index in [0.717, 1.165) is 23.1 Å². The average molecular weight is 431 g/mol. The Hall–Kier alpha value is -2.34. The summed E-state index contributed by atoms with van der Waals surface area (Å²) < 4.78 is 26.1. The Morgan fingerprint density at radius 3 is 2.23 bits per heavy atom. The molecule has 1 atom stereocenters. The van der Waals surface area contributed by atoms with Crippen molar-refractivity contribution >= 4 is 21.6 Å². The number of hydrogen-bond donors (Lipinski definition) is 1. The first kappa shape index (κ1) is 23.9. The van der Waals surface area contributed by atoms with Crippen LogP contribution in [0.1, 0.15) is 60.0 Å². The van der Waals surface area contributed by atoms with Crippen LogP contribution in [0.2, 0.25) is 0 Å². The van der Waals surface area contributed by atoms with Gasteiger partial charge in [-0.25, -0.2) is 8.42 Å². The first-order chi connectivity index (χ1) is 14.0. The molecule has 1 amide bonds. The van der Waals surface area contributed by atoms with E-state index in [0.29, 0.717) is 12.1 Å². The molecule has 30 heavy (non-hydrogen) atoms. The Labute approximate surface area is 181 Å². The van der Waals surface area contributed by atoms with Crippen molar-refractivity contribution in [2.45, 2.75) is 59.9 Å². The van der Waals surface area contributed by atoms with Gasteiger partial charge in [0.2, 0.25) is 15.9 Å². The van der Waals surface area contributed by atoms with Crippen LogP contribution in [0.25, 0.3) is 0 Å². The summed E-state index contributed by atoms with van der Waals surface area (Å²) in [4.78, 5) is 12.6. The van der Waals surface area contributed by atoms with Crippen LogP contribution >= 0.6 is 0 Å². The molecule has 2 aromatic carbocycles. The van der Waals surface area contributed by atoms with E-state index in [9.17, 15) is 13.2 Å². The third-order valence-electron chi connectivity index (χ3n) is 5.34. The van der Waals surface area contributed by atoms with Crippen molar-refractivity contribution in [1.82, 2.24) is 5.32 Å². The number of carbonyl (C=O) groups excluding carboxylic acids is 1. The summed E-state index contributed by atoms with van der Waals surface area (Å²) in [5.74, 6) is -0.0590. The summed E-state index contributed by atoms with van der Waals surface area (Å²) in [6.07, 6.45) is 2.74. The van der Waals surface area contributed by atoms with Crippen LogP contribution in [0.4, 0.5) is 5.69 Å². The molecule has 164 valence electrons. The zero-order valence-electron chi connectivity index (χ0n) is 19.0. The van der Waals surface area contributed by atoms with Crippen LogP contribution in [-0.4, -0.2) is 27.1 Å². The first-order valence-electron chi connectivity index (χ1n) is 10.4. The Bertz CT molecular complexity index is 1000. The molecule has 0 fully saturated rings. The standard InChI is InChI=1S/C24H34N2O3S/c1-7-22(21-13-11-17(2)15-20(21)5)25-24(27)9-8-14-26(30(6,28)29)23-16-18(3)10-12-19(23)4/h10-13,15-16,22H,7-9,14H2,1-6H3,(H,25,27)/t22-/m0/s1. The second-order valence-electron chi connectivity index (χ2n) is 8.12. The quantitative estimate of drug-likeness (QED) is 0.625. The molecule has 0 spiro atoms. The van der Waals surface area contributed by atoms with Gasteiger partial charge in [-0.2, -0.15) is 0 Å². The van der Waals surface area contributed by atoms with Crippen molar-refractivity contribution in [3.05, 3.63) is 64.2 Å². The van der Waals surface area contributed by atoms with E-state index < -0.39 is 10.0 Å². The van der Waals surface area contributed by atoms with Gasteiger partial charge in [-0.15, -0.1) is 0 Å². The zero-order valence-corrected chi connectivity index (χ0v) is 19.8. The minimum Gasteiger partial charge on any atom is -0.349 e. The van der Waals surface area contributed by atoms with Gasteiger partial charge in [0.05, 0.1) is 18.0 Å². The van der Waals surface area contributed by atoms with Crippen LogP contribution < -0.4 is 9.62 Å². The van der Waals surface area contributed by atoms with Gasteiger partial charge in [-0.3, -0.25) is 9.10 Å². The second kappa shape index (κ2) is 10.1. The summed E-state index contributed by atoms with van der Waals surface area (Å²) in [5.41, 5.74) is 6.08. The van der Waals surface area contributed by atoms with Crippen molar-refractivity contribution in [3.63, 3.8) is 0 Å². The maximum atomic E-state index is 12.6. The highest BCUT2D eigenvalue weighted by Gasteiger charge is 2.20. The minimum atomic E-state index is -3.43. The van der Waals surface area contributed by atoms with Crippen LogP contribution in [0.15, 0.2) is 36.4 Å². The van der Waals surface area contributed by atoms with E-state index in [1.54, 1.807) is 0 Å². The molecular formula is C24H34N2O3S. The molecule has 6 heteroatoms. The van der Waals surface area contributed by atoms with Gasteiger partial charge in [-0.05, 0) is 68.9 Å². The van der Waals surface area contributed by atoms with Gasteiger partial charge in [0.25, 0.3) is 0 Å². The van der Waals surface area contributed by atoms with Crippen LogP contribution in [0, 0.1) is 27.7 Å². The lowest BCUT2D eigenvalue weighted by atomic mass is 9.97. The summed E-state index contributed by atoms with van der Waals surface area (Å²) >= 11 is 0. The van der Waals surface area contributed by atoms with Crippen LogP contribution in [-0.2, 0) is 14.8 Å². The number of aryl methyl sites for hydroxylation is 4. The number of carbonyl (C=O) groups is 1. The number of nitrogens with zero attached hydrogens (tertiary/aromatic N) is 1. The van der Waals surface area contributed by atoms with Gasteiger partial charge >= 0.3 is 0 Å². The Balaban J connectivity index is 2.04. The lowest BCUT2D eigenvalue weighted by Gasteiger charge is -2.25. The lowest BCUT2D eigenvalue weighted by molar-refractivity contribution is -0.121. The van der Waals surface area contributed by atoms with E-state index in [-0.39, 0.29) is 24.9 Å². The molecule has 1 N–H and O–H groups in total. The van der Waals surface area contributed by atoms with Gasteiger partial charge in [0, 0.05) is 13.0 Å². The summed E-state index contributed by atoms with van der Waals surface area (Å²) in [6, 6.07) is 12.0. The highest BCUT2D eigenvalue weighted by atomic mass is 32.2. The third-order valence-corrected chi connectivity index (χ3v) is 6.52. The summed E-state index contributed by atoms with van der Waals surface area (Å²) in [6.45, 7) is 10.3. The number of nitrogens with one attached hydrogen (secondary N) is 1. The van der Waals surface area contributed by atoms with E-state index in [4.69, 9.17) is 0 Å². The van der Waals surface area contributed by atoms with Crippen molar-refractivity contribution < 1.29 is 13.2 Å². The third kappa shape index (κ3) is 6.33. The molecule has 0 heterocycles. The van der Waals surface area contributed by atoms with E-state index in [1.165, 1.54) is 21.7 Å². The summed E-state index contributed by atoms with van der Waals surface area (Å²) in [5, 5.41) is 3.11. The molecule has 0 saturated carbocycles. The van der Waals surface area contributed by atoms with Crippen molar-refractivity contribution in [2.75, 3.05) is 17.1 Å². The van der Waals surface area contributed by atoms with Crippen molar-refractivity contribution in [1.29, 1.82) is 0 Å². The molecule has 2 aromatic rings. The fourth-order valence-electron chi connectivity index (χ4n) is 3.72. The molecule has 0 bridgehead atoms. The van der Waals surface area contributed by atoms with Gasteiger partial charge in [0.15, 0.2) is 0 Å². The van der Waals surface area contributed by atoms with E-state index >= 15 is 0 Å². The van der Waals surface area contributed by atoms with Crippen molar-refractivity contribution in [3.8, 4) is 0 Å². The SMILES string of the molecule is CC[C@H](NC(=O)CCCN(c1cc(C)ccc1C)S(C)(=O)=O)c1ccc(C)cc1C. The molecule has 2 rings (SSSR count). The fourth-order valence-corrected chi connectivity index (χ4v) is 4.73. The topological polar surface area (TPSA) is 66.5 Å². The fraction of sp³-hybridized carbons (Fsp3) is 0.458. The minimum absolute atomic E-state index is 0.0388. The predicted molar refractivity (Wildman–Crippen MR) is 124 cm³/mol. The van der Waals surface area contributed by atoms with Crippen molar-refractivity contribution in [2.24, 2.45) is 0 Å². The number of rotatable bonds is 9. The molecule has 0 aliphatic carbocycles. The smallest absolute Gasteiger partial charge is 0.232 e. The number of amides is 1. The zero-order chi connectivity index (χ0) is 22.5. The monoisotopic (exact) mass is 430 g/mol. The molecule has 0 unspecified atom stereocenters. The normalized spacial score (nSPS) is 12.5. The van der Waals surface area contributed by atoms with Crippen LogP contribution in [0.5, 0.6) is 0 Å². The predicted octanol–water partition coefficient (Wildman–Crippen LogP) is 4.73. The molecule has 0 aliphatic rings. The van der Waals surface area contributed by atoms with Gasteiger partial charge in [0.1, 0.15) is 0 Å². The molecule has 0 aliphatic heterocycles. The highest BCUT2D eigenvalue weighted by molar-refractivity contribution is 7.92. The number of anilines is 1. The van der Waals surface area contributed by atoms with Gasteiger partial charge in [-0.1, -0.05) is 42.8 Å². The Morgan fingerprint density at radius 1 is 1.00 bits per heavy atom. The summed E-state index contributed by atoms with van der Waals surface area (Å²) in [7, 11) is -3.43. The second-order valence-corrected chi connectivity index (χ2v) is 10.0. The Morgan fingerprint density at radius 2 is 1.63 bits per heavy atom. The van der Waals surface area contributed by atoms with E-state index in [1.807, 2.05) is 32.0 Å². The molecule has 0 radical (unpaired) electrons. The number of benzene rings is 2. The lowest BCUT2D eigenvalue weighted by Crippen LogP contribution is -2.33. The van der Waals surface area contributed by atoms with E-state index in [2.05, 4.69) is 44.3 Å². The molecule has 0 aromatic heterocycles. The van der Waals surface area contributed by atoms with Crippen LogP contribution in [0.3, 0.4) is 0 Å². The molecule has 5 nitrogen and oxygen atoms in total. The maximum Gasteiger partial charge on any atom is 0.232 e. The number of hydrogen-bond acceptors (Lipinski definition) is 3. The first-order valence-corrected chi connectivity index (χ1v) is 12.3. The number of sulfonamides is 1. The largest absolute Gasteiger partial charge is 0.349 e. The van der Waals surface area contributed by atoms with Gasteiger partial charge < -0.3 is 5.32 Å². The average Bonchev–Trinajstić information content (AvgIpc) is 2.65. The Kier molecular flexibility index (Phi) is 8.07. The molecular weight excluding hydrogens is 396 g/mol. The maximum absolute atomic E-state index is 12.6. The highest BCUT2D eigenvalue weighted by Crippen LogP contribution is 2.25.